The summed E-state index contributed by atoms with van der Waals surface area (Å²) in [6, 6.07) is 13.1. The van der Waals surface area contributed by atoms with E-state index in [-0.39, 0.29) is 30.0 Å². The second-order valence-electron chi connectivity index (χ2n) is 8.30. The van der Waals surface area contributed by atoms with Crippen molar-refractivity contribution in [2.45, 2.75) is 38.3 Å². The van der Waals surface area contributed by atoms with Crippen LogP contribution in [0.3, 0.4) is 0 Å². The molecule has 4 rings (SSSR count). The number of halogens is 1. The minimum absolute atomic E-state index is 0. The highest BCUT2D eigenvalue weighted by Crippen LogP contribution is 2.24. The van der Waals surface area contributed by atoms with Crippen LogP contribution in [0.5, 0.6) is 0 Å². The Morgan fingerprint density at radius 1 is 1.06 bits per heavy atom. The molecule has 1 unspecified atom stereocenters. The van der Waals surface area contributed by atoms with Crippen LogP contribution in [-0.4, -0.2) is 62.1 Å². The van der Waals surface area contributed by atoms with Crippen LogP contribution in [0.1, 0.15) is 42.2 Å². The van der Waals surface area contributed by atoms with Crippen molar-refractivity contribution in [3.05, 3.63) is 59.5 Å². The fourth-order valence-corrected chi connectivity index (χ4v) is 4.61. The van der Waals surface area contributed by atoms with Gasteiger partial charge in [0.25, 0.3) is 0 Å². The van der Waals surface area contributed by atoms with Gasteiger partial charge < -0.3 is 15.1 Å². The Balaban J connectivity index is 0.00000272. The van der Waals surface area contributed by atoms with Gasteiger partial charge in [-0.3, -0.25) is 14.8 Å². The minimum Gasteiger partial charge on any atom is -0.468 e. The molecule has 1 saturated heterocycles. The van der Waals surface area contributed by atoms with Gasteiger partial charge in [-0.2, -0.15) is 0 Å². The molecular weight excluding hydrogens is 501 g/mol. The first-order valence-electron chi connectivity index (χ1n) is 11.3. The lowest BCUT2D eigenvalue weighted by Crippen LogP contribution is -2.43. The molecule has 3 heterocycles. The standard InChI is InChI=1S/C24H35N5O.HI/c1-25-24(27-18-22(23-10-6-17-30-23)29-14-4-5-15-29)26-12-7-13-28-16-11-20-8-2-3-9-21(20)19-28;/h2-3,6,8-10,17,22H,4-5,7,11-16,18-19H2,1H3,(H2,25,26,27);1H. The molecule has 31 heavy (non-hydrogen) atoms. The molecule has 2 aromatic rings. The third-order valence-corrected chi connectivity index (χ3v) is 6.29. The highest BCUT2D eigenvalue weighted by atomic mass is 127. The monoisotopic (exact) mass is 537 g/mol. The molecule has 2 aliphatic rings. The van der Waals surface area contributed by atoms with Gasteiger partial charge in [0.1, 0.15) is 5.76 Å². The maximum Gasteiger partial charge on any atom is 0.191 e. The van der Waals surface area contributed by atoms with E-state index in [1.807, 2.05) is 13.1 Å². The van der Waals surface area contributed by atoms with Crippen LogP contribution in [0.2, 0.25) is 0 Å². The van der Waals surface area contributed by atoms with Crippen molar-refractivity contribution in [3.8, 4) is 0 Å². The summed E-state index contributed by atoms with van der Waals surface area (Å²) in [5, 5.41) is 6.99. The third-order valence-electron chi connectivity index (χ3n) is 6.29. The average molecular weight is 537 g/mol. The number of nitrogens with one attached hydrogen (secondary N) is 2. The summed E-state index contributed by atoms with van der Waals surface area (Å²) in [5.74, 6) is 1.90. The van der Waals surface area contributed by atoms with Crippen molar-refractivity contribution in [2.24, 2.45) is 4.99 Å². The van der Waals surface area contributed by atoms with Crippen molar-refractivity contribution in [1.82, 2.24) is 20.4 Å². The Morgan fingerprint density at radius 2 is 1.87 bits per heavy atom. The number of hydrogen-bond donors (Lipinski definition) is 2. The normalized spacial score (nSPS) is 18.3. The van der Waals surface area contributed by atoms with E-state index < -0.39 is 0 Å². The molecular formula is C24H36IN5O. The summed E-state index contributed by atoms with van der Waals surface area (Å²) in [6.45, 7) is 7.34. The van der Waals surface area contributed by atoms with Crippen LogP contribution in [0.15, 0.2) is 52.1 Å². The molecule has 0 amide bonds. The van der Waals surface area contributed by atoms with Crippen LogP contribution in [0, 0.1) is 0 Å². The van der Waals surface area contributed by atoms with Crippen LogP contribution in [-0.2, 0) is 13.0 Å². The second-order valence-corrected chi connectivity index (χ2v) is 8.30. The number of guanidine groups is 1. The smallest absolute Gasteiger partial charge is 0.191 e. The van der Waals surface area contributed by atoms with Gasteiger partial charge in [-0.1, -0.05) is 24.3 Å². The third kappa shape index (κ3) is 6.70. The quantitative estimate of drug-likeness (QED) is 0.233. The topological polar surface area (TPSA) is 56.0 Å². The Labute approximate surface area is 203 Å². The van der Waals surface area contributed by atoms with Crippen molar-refractivity contribution in [1.29, 1.82) is 0 Å². The molecule has 170 valence electrons. The molecule has 2 N–H and O–H groups in total. The van der Waals surface area contributed by atoms with Crippen LogP contribution < -0.4 is 10.6 Å². The van der Waals surface area contributed by atoms with Gasteiger partial charge >= 0.3 is 0 Å². The van der Waals surface area contributed by atoms with Crippen molar-refractivity contribution in [3.63, 3.8) is 0 Å². The molecule has 1 aromatic carbocycles. The van der Waals surface area contributed by atoms with Gasteiger partial charge in [-0.05, 0) is 62.0 Å². The van der Waals surface area contributed by atoms with E-state index in [4.69, 9.17) is 4.42 Å². The summed E-state index contributed by atoms with van der Waals surface area (Å²) in [5.41, 5.74) is 3.00. The molecule has 1 fully saturated rings. The summed E-state index contributed by atoms with van der Waals surface area (Å²) in [4.78, 5) is 9.48. The number of fused-ring (bicyclic) bond motifs is 1. The van der Waals surface area contributed by atoms with E-state index in [0.29, 0.717) is 0 Å². The summed E-state index contributed by atoms with van der Waals surface area (Å²) < 4.78 is 5.72. The highest BCUT2D eigenvalue weighted by Gasteiger charge is 2.25. The van der Waals surface area contributed by atoms with E-state index >= 15 is 0 Å². The summed E-state index contributed by atoms with van der Waals surface area (Å²) >= 11 is 0. The van der Waals surface area contributed by atoms with Gasteiger partial charge in [-0.25, -0.2) is 0 Å². The van der Waals surface area contributed by atoms with Crippen molar-refractivity contribution >= 4 is 29.9 Å². The Kier molecular flexibility index (Phi) is 9.67. The molecule has 0 radical (unpaired) electrons. The van der Waals surface area contributed by atoms with Crippen molar-refractivity contribution in [2.75, 3.05) is 46.3 Å². The molecule has 0 bridgehead atoms. The molecule has 0 saturated carbocycles. The summed E-state index contributed by atoms with van der Waals surface area (Å²) in [6.07, 6.45) is 6.58. The zero-order valence-corrected chi connectivity index (χ0v) is 20.9. The first-order valence-corrected chi connectivity index (χ1v) is 11.3. The van der Waals surface area contributed by atoms with Crippen LogP contribution in [0.25, 0.3) is 0 Å². The van der Waals surface area contributed by atoms with E-state index in [9.17, 15) is 0 Å². The van der Waals surface area contributed by atoms with E-state index in [1.54, 1.807) is 6.26 Å². The predicted octanol–water partition coefficient (Wildman–Crippen LogP) is 3.65. The fraction of sp³-hybridized carbons (Fsp3) is 0.542. The Morgan fingerprint density at radius 3 is 2.61 bits per heavy atom. The lowest BCUT2D eigenvalue weighted by atomic mass is 10.00. The highest BCUT2D eigenvalue weighted by molar-refractivity contribution is 14.0. The van der Waals surface area contributed by atoms with Crippen LogP contribution >= 0.6 is 24.0 Å². The van der Waals surface area contributed by atoms with Gasteiger partial charge in [-0.15, -0.1) is 24.0 Å². The molecule has 0 aliphatic carbocycles. The SMILES string of the molecule is CN=C(NCCCN1CCc2ccccc2C1)NCC(c1ccco1)N1CCCC1.I. The lowest BCUT2D eigenvalue weighted by Gasteiger charge is -2.29. The molecule has 0 spiro atoms. The van der Waals surface area contributed by atoms with Gasteiger partial charge in [0.05, 0.1) is 12.3 Å². The maximum atomic E-state index is 5.72. The number of benzene rings is 1. The van der Waals surface area contributed by atoms with Gasteiger partial charge in [0.15, 0.2) is 5.96 Å². The van der Waals surface area contributed by atoms with Gasteiger partial charge in [0.2, 0.25) is 0 Å². The second kappa shape index (κ2) is 12.5. The summed E-state index contributed by atoms with van der Waals surface area (Å²) in [7, 11) is 1.84. The number of rotatable bonds is 8. The Bertz CT molecular complexity index is 804. The van der Waals surface area contributed by atoms with E-state index in [1.165, 1.54) is 24.0 Å². The molecule has 2 aliphatic heterocycles. The minimum atomic E-state index is 0. The first-order chi connectivity index (χ1) is 14.8. The molecule has 1 atom stereocenters. The fourth-order valence-electron chi connectivity index (χ4n) is 4.61. The number of nitrogens with zero attached hydrogens (tertiary/aromatic N) is 3. The first kappa shape index (κ1) is 24.1. The van der Waals surface area contributed by atoms with Crippen molar-refractivity contribution < 1.29 is 4.42 Å². The number of furan rings is 1. The number of aliphatic imine (C=N–C) groups is 1. The molecule has 7 heteroatoms. The largest absolute Gasteiger partial charge is 0.468 e. The zero-order chi connectivity index (χ0) is 20.6. The Hall–Kier alpha value is -1.58. The zero-order valence-electron chi connectivity index (χ0n) is 18.6. The van der Waals surface area contributed by atoms with Crippen LogP contribution in [0.4, 0.5) is 0 Å². The van der Waals surface area contributed by atoms with E-state index in [2.05, 4.69) is 55.8 Å². The van der Waals surface area contributed by atoms with Gasteiger partial charge in [0, 0.05) is 39.8 Å². The van der Waals surface area contributed by atoms with E-state index in [0.717, 1.165) is 70.4 Å². The maximum absolute atomic E-state index is 5.72. The average Bonchev–Trinajstić information content (AvgIpc) is 3.50. The number of hydrogen-bond acceptors (Lipinski definition) is 4. The number of likely N-dealkylation sites (tertiary alicyclic amines) is 1. The predicted molar refractivity (Wildman–Crippen MR) is 137 cm³/mol. The molecule has 1 aromatic heterocycles. The molecule has 6 nitrogen and oxygen atoms in total. The lowest BCUT2D eigenvalue weighted by molar-refractivity contribution is 0.215.